The number of carbonyl (C=O) groups is 1. The van der Waals surface area contributed by atoms with Crippen LogP contribution < -0.4 is 4.74 Å². The number of aromatic nitrogens is 2. The fraction of sp³-hybridized carbons (Fsp3) is 0.526. The van der Waals surface area contributed by atoms with E-state index in [1.54, 1.807) is 24.3 Å². The van der Waals surface area contributed by atoms with Crippen LogP contribution in [0, 0.1) is 0 Å². The van der Waals surface area contributed by atoms with Crippen LogP contribution in [0.4, 0.5) is 0 Å². The summed E-state index contributed by atoms with van der Waals surface area (Å²) in [6.07, 6.45) is 4.36. The molecular weight excluding hydrogens is 386 g/mol. The van der Waals surface area contributed by atoms with Crippen LogP contribution in [0.25, 0.3) is 0 Å². The average Bonchev–Trinajstić information content (AvgIpc) is 3.14. The fourth-order valence-corrected chi connectivity index (χ4v) is 4.07. The van der Waals surface area contributed by atoms with Crippen molar-refractivity contribution < 1.29 is 13.9 Å². The fourth-order valence-electron chi connectivity index (χ4n) is 3.17. The Morgan fingerprint density at radius 2 is 2.15 bits per heavy atom. The SMILES string of the molecule is CCC1CCCCN1C(=O)C(C)Sc1nnc(COc2ccc(Cl)cc2)o1. The average molecular weight is 410 g/mol. The number of hydrogen-bond acceptors (Lipinski definition) is 6. The van der Waals surface area contributed by atoms with Gasteiger partial charge >= 0.3 is 0 Å². The number of benzene rings is 1. The van der Waals surface area contributed by atoms with Gasteiger partial charge in [-0.2, -0.15) is 0 Å². The van der Waals surface area contributed by atoms with Gasteiger partial charge < -0.3 is 14.1 Å². The van der Waals surface area contributed by atoms with Crippen molar-refractivity contribution in [1.29, 1.82) is 0 Å². The highest BCUT2D eigenvalue weighted by Crippen LogP contribution is 2.27. The molecule has 0 aliphatic carbocycles. The maximum atomic E-state index is 12.8. The molecule has 2 atom stereocenters. The summed E-state index contributed by atoms with van der Waals surface area (Å²) in [5.74, 6) is 1.19. The smallest absolute Gasteiger partial charge is 0.277 e. The second-order valence-electron chi connectivity index (χ2n) is 6.55. The van der Waals surface area contributed by atoms with Gasteiger partial charge in [-0.3, -0.25) is 4.79 Å². The van der Waals surface area contributed by atoms with Crippen LogP contribution in [0.15, 0.2) is 33.9 Å². The first kappa shape index (κ1) is 20.0. The lowest BCUT2D eigenvalue weighted by atomic mass is 10.00. The Morgan fingerprint density at radius 1 is 1.37 bits per heavy atom. The number of ether oxygens (including phenoxy) is 1. The zero-order valence-corrected chi connectivity index (χ0v) is 17.1. The molecule has 0 radical (unpaired) electrons. The summed E-state index contributed by atoms with van der Waals surface area (Å²) in [5.41, 5.74) is 0. The number of thioether (sulfide) groups is 1. The molecule has 1 fully saturated rings. The third-order valence-corrected chi connectivity index (χ3v) is 5.80. The molecule has 0 saturated carbocycles. The minimum atomic E-state index is -0.261. The van der Waals surface area contributed by atoms with E-state index < -0.39 is 0 Å². The maximum absolute atomic E-state index is 12.8. The van der Waals surface area contributed by atoms with Crippen LogP contribution in [-0.4, -0.2) is 38.8 Å². The minimum Gasteiger partial charge on any atom is -0.484 e. The van der Waals surface area contributed by atoms with Gasteiger partial charge in [-0.1, -0.05) is 30.3 Å². The molecule has 8 heteroatoms. The molecule has 2 heterocycles. The normalized spacial score (nSPS) is 18.3. The molecule has 1 aliphatic rings. The van der Waals surface area contributed by atoms with E-state index in [1.165, 1.54) is 18.2 Å². The molecule has 0 bridgehead atoms. The monoisotopic (exact) mass is 409 g/mol. The lowest BCUT2D eigenvalue weighted by Gasteiger charge is -2.36. The summed E-state index contributed by atoms with van der Waals surface area (Å²) in [7, 11) is 0. The lowest BCUT2D eigenvalue weighted by molar-refractivity contribution is -0.134. The molecule has 1 amide bonds. The van der Waals surface area contributed by atoms with E-state index in [1.807, 2.05) is 11.8 Å². The molecule has 6 nitrogen and oxygen atoms in total. The Hall–Kier alpha value is -1.73. The first-order valence-corrected chi connectivity index (χ1v) is 10.5. The van der Waals surface area contributed by atoms with Crippen molar-refractivity contribution in [3.05, 3.63) is 35.2 Å². The van der Waals surface area contributed by atoms with E-state index in [-0.39, 0.29) is 17.8 Å². The van der Waals surface area contributed by atoms with Crippen molar-refractivity contribution in [3.63, 3.8) is 0 Å². The van der Waals surface area contributed by atoms with Crippen LogP contribution in [0.2, 0.25) is 5.02 Å². The molecule has 2 unspecified atom stereocenters. The summed E-state index contributed by atoms with van der Waals surface area (Å²) < 4.78 is 11.2. The van der Waals surface area contributed by atoms with E-state index in [2.05, 4.69) is 17.1 Å². The van der Waals surface area contributed by atoms with Gasteiger partial charge in [-0.05, 0) is 56.9 Å². The second kappa shape index (κ2) is 9.46. The Balaban J connectivity index is 1.53. The number of rotatable bonds is 7. The predicted molar refractivity (Wildman–Crippen MR) is 105 cm³/mol. The van der Waals surface area contributed by atoms with Crippen molar-refractivity contribution in [2.75, 3.05) is 6.54 Å². The Morgan fingerprint density at radius 3 is 2.89 bits per heavy atom. The van der Waals surface area contributed by atoms with Gasteiger partial charge in [0.2, 0.25) is 5.91 Å². The van der Waals surface area contributed by atoms with Gasteiger partial charge in [-0.25, -0.2) is 0 Å². The highest BCUT2D eigenvalue weighted by atomic mass is 35.5. The first-order valence-electron chi connectivity index (χ1n) is 9.24. The molecule has 146 valence electrons. The number of nitrogens with zero attached hydrogens (tertiary/aromatic N) is 3. The summed E-state index contributed by atoms with van der Waals surface area (Å²) in [5, 5.41) is 8.79. The maximum Gasteiger partial charge on any atom is 0.277 e. The highest BCUT2D eigenvalue weighted by Gasteiger charge is 2.30. The van der Waals surface area contributed by atoms with E-state index in [0.29, 0.717) is 27.9 Å². The van der Waals surface area contributed by atoms with Crippen LogP contribution in [0.5, 0.6) is 5.75 Å². The van der Waals surface area contributed by atoms with E-state index in [9.17, 15) is 4.79 Å². The Labute approximate surface area is 168 Å². The number of amides is 1. The largest absolute Gasteiger partial charge is 0.484 e. The number of likely N-dealkylation sites (tertiary alicyclic amines) is 1. The predicted octanol–water partition coefficient (Wildman–Crippen LogP) is 4.57. The molecular formula is C19H24ClN3O3S. The zero-order valence-electron chi connectivity index (χ0n) is 15.6. The van der Waals surface area contributed by atoms with Crippen molar-refractivity contribution in [2.45, 2.75) is 62.7 Å². The second-order valence-corrected chi connectivity index (χ2v) is 8.28. The Bertz CT molecular complexity index is 753. The molecule has 1 aliphatic heterocycles. The van der Waals surface area contributed by atoms with E-state index in [4.69, 9.17) is 20.8 Å². The lowest BCUT2D eigenvalue weighted by Crippen LogP contribution is -2.46. The summed E-state index contributed by atoms with van der Waals surface area (Å²) in [6.45, 7) is 5.04. The topological polar surface area (TPSA) is 68.5 Å². The number of carbonyl (C=O) groups excluding carboxylic acids is 1. The van der Waals surface area contributed by atoms with Gasteiger partial charge in [0.05, 0.1) is 5.25 Å². The molecule has 1 aromatic carbocycles. The van der Waals surface area contributed by atoms with Crippen molar-refractivity contribution in [1.82, 2.24) is 15.1 Å². The van der Waals surface area contributed by atoms with E-state index in [0.717, 1.165) is 25.8 Å². The summed E-state index contributed by atoms with van der Waals surface area (Å²) in [4.78, 5) is 14.8. The van der Waals surface area contributed by atoms with E-state index >= 15 is 0 Å². The van der Waals surface area contributed by atoms with Gasteiger partial charge in [0, 0.05) is 17.6 Å². The molecule has 0 N–H and O–H groups in total. The summed E-state index contributed by atoms with van der Waals surface area (Å²) in [6, 6.07) is 7.41. The van der Waals surface area contributed by atoms with Crippen molar-refractivity contribution in [2.24, 2.45) is 0 Å². The van der Waals surface area contributed by atoms with Gasteiger partial charge in [0.25, 0.3) is 11.1 Å². The van der Waals surface area contributed by atoms with Crippen LogP contribution in [-0.2, 0) is 11.4 Å². The van der Waals surface area contributed by atoms with Gasteiger partial charge in [-0.15, -0.1) is 10.2 Å². The molecule has 3 rings (SSSR count). The highest BCUT2D eigenvalue weighted by molar-refractivity contribution is 8.00. The molecule has 1 saturated heterocycles. The summed E-state index contributed by atoms with van der Waals surface area (Å²) >= 11 is 7.15. The zero-order chi connectivity index (χ0) is 19.2. The number of hydrogen-bond donors (Lipinski definition) is 0. The first-order chi connectivity index (χ1) is 13.1. The molecule has 1 aromatic heterocycles. The quantitative estimate of drug-likeness (QED) is 0.624. The third-order valence-electron chi connectivity index (χ3n) is 4.63. The van der Waals surface area contributed by atoms with Gasteiger partial charge in [0.1, 0.15) is 5.75 Å². The van der Waals surface area contributed by atoms with Crippen molar-refractivity contribution >= 4 is 29.3 Å². The molecule has 27 heavy (non-hydrogen) atoms. The minimum absolute atomic E-state index is 0.142. The van der Waals surface area contributed by atoms with Crippen molar-refractivity contribution in [3.8, 4) is 5.75 Å². The molecule has 2 aromatic rings. The Kier molecular flexibility index (Phi) is 7.01. The van der Waals surface area contributed by atoms with Crippen LogP contribution >= 0.6 is 23.4 Å². The third kappa shape index (κ3) is 5.39. The molecule has 0 spiro atoms. The number of halogens is 1. The van der Waals surface area contributed by atoms with Crippen LogP contribution in [0.1, 0.15) is 45.4 Å². The van der Waals surface area contributed by atoms with Gasteiger partial charge in [0.15, 0.2) is 6.61 Å². The number of piperidine rings is 1. The standard InChI is InChI=1S/C19H24ClN3O3S/c1-3-15-6-4-5-11-23(15)18(24)13(2)27-19-22-21-17(26-19)12-25-16-9-7-14(20)8-10-16/h7-10,13,15H,3-6,11-12H2,1-2H3. The van der Waals surface area contributed by atoms with Crippen LogP contribution in [0.3, 0.4) is 0 Å².